The van der Waals surface area contributed by atoms with Gasteiger partial charge in [0.15, 0.2) is 5.11 Å². The third-order valence-electron chi connectivity index (χ3n) is 4.73. The van der Waals surface area contributed by atoms with Crippen LogP contribution in [-0.4, -0.2) is 41.6 Å². The van der Waals surface area contributed by atoms with Crippen molar-refractivity contribution in [3.05, 3.63) is 65.8 Å². The van der Waals surface area contributed by atoms with Crippen LogP contribution in [0.5, 0.6) is 0 Å². The maximum absolute atomic E-state index is 5.51. The van der Waals surface area contributed by atoms with Crippen molar-refractivity contribution in [2.45, 2.75) is 25.9 Å². The van der Waals surface area contributed by atoms with Crippen molar-refractivity contribution >= 4 is 17.3 Å². The molecule has 8 heteroatoms. The molecule has 3 aromatic heterocycles. The summed E-state index contributed by atoms with van der Waals surface area (Å²) in [5, 5.41) is 12.0. The Morgan fingerprint density at radius 2 is 1.92 bits per heavy atom. The van der Waals surface area contributed by atoms with Crippen LogP contribution in [0.1, 0.15) is 34.7 Å². The summed E-state index contributed by atoms with van der Waals surface area (Å²) in [6.07, 6.45) is 5.21. The molecule has 1 aliphatic heterocycles. The van der Waals surface area contributed by atoms with Crippen molar-refractivity contribution in [3.63, 3.8) is 0 Å². The van der Waals surface area contributed by atoms with E-state index in [-0.39, 0.29) is 12.1 Å². The van der Waals surface area contributed by atoms with Gasteiger partial charge in [-0.05, 0) is 44.3 Å². The highest BCUT2D eigenvalue weighted by Crippen LogP contribution is 2.39. The highest BCUT2D eigenvalue weighted by molar-refractivity contribution is 7.80. The smallest absolute Gasteiger partial charge is 0.169 e. The van der Waals surface area contributed by atoms with Crippen LogP contribution < -0.4 is 5.32 Å². The zero-order valence-corrected chi connectivity index (χ0v) is 15.1. The molecular weight excluding hydrogens is 334 g/mol. The summed E-state index contributed by atoms with van der Waals surface area (Å²) in [7, 11) is 2.02. The molecule has 1 aliphatic rings. The SMILES string of the molecule is Cc1cc([C@@H]2[C@@H](c3ccccn3)NC(=S)N2C)c(C)n1-n1cnnc1. The topological polar surface area (TPSA) is 63.8 Å². The van der Waals surface area contributed by atoms with Crippen molar-refractivity contribution in [1.29, 1.82) is 0 Å². The van der Waals surface area contributed by atoms with Crippen LogP contribution in [0.3, 0.4) is 0 Å². The Labute approximate surface area is 151 Å². The highest BCUT2D eigenvalue weighted by atomic mass is 32.1. The zero-order chi connectivity index (χ0) is 17.6. The van der Waals surface area contributed by atoms with E-state index in [1.165, 1.54) is 5.56 Å². The van der Waals surface area contributed by atoms with E-state index in [4.69, 9.17) is 12.2 Å². The van der Waals surface area contributed by atoms with E-state index in [0.717, 1.165) is 22.2 Å². The highest BCUT2D eigenvalue weighted by Gasteiger charge is 2.39. The Bertz CT molecular complexity index is 901. The number of aromatic nitrogens is 5. The summed E-state index contributed by atoms with van der Waals surface area (Å²) in [4.78, 5) is 6.64. The molecule has 0 unspecified atom stereocenters. The molecule has 25 heavy (non-hydrogen) atoms. The molecule has 2 atom stereocenters. The average Bonchev–Trinajstić information content (AvgIpc) is 3.29. The second-order valence-electron chi connectivity index (χ2n) is 6.22. The summed E-state index contributed by atoms with van der Waals surface area (Å²) in [6.45, 7) is 4.18. The standard InChI is InChI=1S/C17H19N7S/c1-11-8-13(12(2)24(11)23-9-19-20-10-23)16-15(21-17(25)22(16)3)14-6-4-5-7-18-14/h4-10,15-16H,1-3H3,(H,21,25)/t15-,16-/m1/s1. The Kier molecular flexibility index (Phi) is 3.76. The van der Waals surface area contributed by atoms with Gasteiger partial charge in [-0.3, -0.25) is 9.66 Å². The van der Waals surface area contributed by atoms with E-state index in [9.17, 15) is 0 Å². The molecule has 7 nitrogen and oxygen atoms in total. The van der Waals surface area contributed by atoms with Gasteiger partial charge in [0.25, 0.3) is 0 Å². The molecule has 0 spiro atoms. The minimum atomic E-state index is 0.00793. The molecule has 0 saturated carbocycles. The lowest BCUT2D eigenvalue weighted by molar-refractivity contribution is 0.366. The summed E-state index contributed by atoms with van der Waals surface area (Å²) in [6, 6.07) is 8.23. The monoisotopic (exact) mass is 353 g/mol. The molecule has 1 saturated heterocycles. The second-order valence-corrected chi connectivity index (χ2v) is 6.60. The number of likely N-dealkylation sites (N-methyl/N-ethyl adjacent to an activating group) is 1. The van der Waals surface area contributed by atoms with Gasteiger partial charge in [0.2, 0.25) is 0 Å². The second kappa shape index (κ2) is 5.96. The largest absolute Gasteiger partial charge is 0.352 e. The van der Waals surface area contributed by atoms with Crippen LogP contribution in [0, 0.1) is 13.8 Å². The molecule has 0 aliphatic carbocycles. The van der Waals surface area contributed by atoms with E-state index in [1.807, 2.05) is 36.1 Å². The average molecular weight is 353 g/mol. The number of aryl methyl sites for hydroxylation is 1. The van der Waals surface area contributed by atoms with Crippen LogP contribution in [0.2, 0.25) is 0 Å². The molecule has 0 aromatic carbocycles. The minimum Gasteiger partial charge on any atom is -0.352 e. The van der Waals surface area contributed by atoms with Crippen LogP contribution in [0.15, 0.2) is 43.1 Å². The van der Waals surface area contributed by atoms with Gasteiger partial charge in [0.1, 0.15) is 12.7 Å². The number of hydrogen-bond donors (Lipinski definition) is 1. The first-order chi connectivity index (χ1) is 12.1. The number of rotatable bonds is 3. The first kappa shape index (κ1) is 15.8. The maximum Gasteiger partial charge on any atom is 0.169 e. The Hall–Kier alpha value is -2.74. The number of thiocarbonyl (C=S) groups is 1. The Balaban J connectivity index is 1.82. The molecular formula is C17H19N7S. The van der Waals surface area contributed by atoms with Gasteiger partial charge < -0.3 is 10.2 Å². The lowest BCUT2D eigenvalue weighted by atomic mass is 9.97. The molecule has 0 amide bonds. The number of nitrogens with one attached hydrogen (secondary N) is 1. The van der Waals surface area contributed by atoms with E-state index in [1.54, 1.807) is 12.7 Å². The predicted molar refractivity (Wildman–Crippen MR) is 97.9 cm³/mol. The van der Waals surface area contributed by atoms with Gasteiger partial charge in [-0.15, -0.1) is 10.2 Å². The number of pyridine rings is 1. The first-order valence-electron chi connectivity index (χ1n) is 8.06. The van der Waals surface area contributed by atoms with Gasteiger partial charge in [0.05, 0.1) is 17.8 Å². The van der Waals surface area contributed by atoms with Crippen molar-refractivity contribution in [2.24, 2.45) is 0 Å². The molecule has 3 aromatic rings. The van der Waals surface area contributed by atoms with E-state index in [0.29, 0.717) is 0 Å². The number of nitrogens with zero attached hydrogens (tertiary/aromatic N) is 6. The summed E-state index contributed by atoms with van der Waals surface area (Å²) < 4.78 is 3.98. The van der Waals surface area contributed by atoms with Gasteiger partial charge >= 0.3 is 0 Å². The normalized spacial score (nSPS) is 20.1. The maximum atomic E-state index is 5.51. The van der Waals surface area contributed by atoms with Crippen LogP contribution >= 0.6 is 12.2 Å². The summed E-state index contributed by atoms with van der Waals surface area (Å²) >= 11 is 5.51. The van der Waals surface area contributed by atoms with Gasteiger partial charge in [-0.2, -0.15) is 0 Å². The lowest BCUT2D eigenvalue weighted by Gasteiger charge is -2.24. The molecule has 4 rings (SSSR count). The Morgan fingerprint density at radius 3 is 2.60 bits per heavy atom. The zero-order valence-electron chi connectivity index (χ0n) is 14.3. The molecule has 1 N–H and O–H groups in total. The van der Waals surface area contributed by atoms with Crippen molar-refractivity contribution in [2.75, 3.05) is 7.05 Å². The van der Waals surface area contributed by atoms with E-state index in [2.05, 4.69) is 50.0 Å². The third kappa shape index (κ3) is 2.49. The summed E-state index contributed by atoms with van der Waals surface area (Å²) in [5.41, 5.74) is 4.42. The molecule has 4 heterocycles. The molecule has 1 fully saturated rings. The van der Waals surface area contributed by atoms with E-state index < -0.39 is 0 Å². The van der Waals surface area contributed by atoms with Gasteiger partial charge in [0, 0.05) is 30.2 Å². The van der Waals surface area contributed by atoms with Crippen LogP contribution in [-0.2, 0) is 0 Å². The quantitative estimate of drug-likeness (QED) is 0.727. The summed E-state index contributed by atoms with van der Waals surface area (Å²) in [5.74, 6) is 0. The van der Waals surface area contributed by atoms with Crippen LogP contribution in [0.25, 0.3) is 0 Å². The van der Waals surface area contributed by atoms with Crippen molar-refractivity contribution in [1.82, 2.24) is 34.8 Å². The van der Waals surface area contributed by atoms with Gasteiger partial charge in [-0.1, -0.05) is 6.07 Å². The molecule has 128 valence electrons. The Morgan fingerprint density at radius 1 is 1.16 bits per heavy atom. The third-order valence-corrected chi connectivity index (χ3v) is 5.13. The fourth-order valence-electron chi connectivity index (χ4n) is 3.58. The minimum absolute atomic E-state index is 0.00793. The first-order valence-corrected chi connectivity index (χ1v) is 8.47. The lowest BCUT2D eigenvalue weighted by Crippen LogP contribution is -2.25. The fraction of sp³-hybridized carbons (Fsp3) is 0.294. The molecule has 0 radical (unpaired) electrons. The predicted octanol–water partition coefficient (Wildman–Crippen LogP) is 2.01. The van der Waals surface area contributed by atoms with E-state index >= 15 is 0 Å². The van der Waals surface area contributed by atoms with Crippen molar-refractivity contribution in [3.8, 4) is 0 Å². The number of hydrogen-bond acceptors (Lipinski definition) is 4. The molecule has 0 bridgehead atoms. The van der Waals surface area contributed by atoms with Crippen LogP contribution in [0.4, 0.5) is 0 Å². The van der Waals surface area contributed by atoms with Gasteiger partial charge in [-0.25, -0.2) is 4.68 Å². The van der Waals surface area contributed by atoms with Crippen molar-refractivity contribution < 1.29 is 0 Å². The fourth-order valence-corrected chi connectivity index (χ4v) is 3.82.